The van der Waals surface area contributed by atoms with Gasteiger partial charge in [0.1, 0.15) is 0 Å². The zero-order valence-corrected chi connectivity index (χ0v) is 14.5. The molecular weight excluding hydrogens is 318 g/mol. The number of carbonyl (C=O) groups excluding carboxylic acids is 1. The van der Waals surface area contributed by atoms with Gasteiger partial charge in [-0.1, -0.05) is 0 Å². The average molecular weight is 339 g/mol. The lowest BCUT2D eigenvalue weighted by Crippen LogP contribution is -2.39. The van der Waals surface area contributed by atoms with E-state index >= 15 is 0 Å². The van der Waals surface area contributed by atoms with E-state index in [1.54, 1.807) is 11.3 Å². The number of rotatable bonds is 3. The highest BCUT2D eigenvalue weighted by Crippen LogP contribution is 2.46. The number of thiophene rings is 1. The summed E-state index contributed by atoms with van der Waals surface area (Å²) in [6.07, 6.45) is 5.77. The topological polar surface area (TPSA) is 36.4 Å². The zero-order valence-electron chi connectivity index (χ0n) is 13.6. The van der Waals surface area contributed by atoms with Gasteiger partial charge in [0, 0.05) is 36.6 Å². The summed E-state index contributed by atoms with van der Waals surface area (Å²) < 4.78 is 0. The third kappa shape index (κ3) is 2.30. The molecule has 4 nitrogen and oxygen atoms in total. The largest absolute Gasteiger partial charge is 0.305 e. The van der Waals surface area contributed by atoms with Crippen molar-refractivity contribution in [3.8, 4) is 0 Å². The molecule has 5 rings (SSSR count). The summed E-state index contributed by atoms with van der Waals surface area (Å²) in [5.74, 6) is 1.02. The fraction of sp³-hybridized carbons (Fsp3) is 0.474. The van der Waals surface area contributed by atoms with Crippen LogP contribution in [0.4, 0.5) is 5.69 Å². The molecule has 2 fully saturated rings. The Hall–Kier alpha value is -1.72. The number of hydrogen-bond acceptors (Lipinski definition) is 4. The minimum atomic E-state index is 0.0250. The number of fused-ring (bicyclic) bond motifs is 2. The molecule has 2 aromatic rings. The molecule has 1 spiro atoms. The Labute approximate surface area is 146 Å². The van der Waals surface area contributed by atoms with Crippen molar-refractivity contribution in [1.29, 1.82) is 0 Å². The number of amides is 1. The highest BCUT2D eigenvalue weighted by atomic mass is 32.1. The van der Waals surface area contributed by atoms with Gasteiger partial charge >= 0.3 is 0 Å². The first-order valence-electron chi connectivity index (χ1n) is 8.77. The molecule has 4 heterocycles. The second kappa shape index (κ2) is 5.39. The molecule has 124 valence electrons. The first kappa shape index (κ1) is 14.6. The van der Waals surface area contributed by atoms with Crippen LogP contribution < -0.4 is 4.90 Å². The van der Waals surface area contributed by atoms with E-state index in [9.17, 15) is 4.79 Å². The van der Waals surface area contributed by atoms with E-state index in [0.29, 0.717) is 0 Å². The normalized spacial score (nSPS) is 26.2. The summed E-state index contributed by atoms with van der Waals surface area (Å²) in [4.78, 5) is 22.2. The van der Waals surface area contributed by atoms with E-state index in [0.717, 1.165) is 48.9 Å². The van der Waals surface area contributed by atoms with Crippen LogP contribution in [0.15, 0.2) is 35.2 Å². The molecule has 3 aliphatic rings. The van der Waals surface area contributed by atoms with Crippen LogP contribution in [0.5, 0.6) is 0 Å². The highest BCUT2D eigenvalue weighted by Gasteiger charge is 2.50. The number of aromatic nitrogens is 1. The lowest BCUT2D eigenvalue weighted by atomic mass is 9.85. The summed E-state index contributed by atoms with van der Waals surface area (Å²) in [6.45, 7) is 4.17. The van der Waals surface area contributed by atoms with Crippen LogP contribution >= 0.6 is 11.3 Å². The monoisotopic (exact) mass is 339 g/mol. The van der Waals surface area contributed by atoms with E-state index in [2.05, 4.69) is 11.0 Å². The minimum Gasteiger partial charge on any atom is -0.305 e. The first-order valence-corrected chi connectivity index (χ1v) is 9.71. The Balaban J connectivity index is 1.47. The van der Waals surface area contributed by atoms with Gasteiger partial charge in [-0.3, -0.25) is 9.78 Å². The van der Waals surface area contributed by atoms with Crippen LogP contribution in [0.3, 0.4) is 0 Å². The third-order valence-electron chi connectivity index (χ3n) is 5.70. The Morgan fingerprint density at radius 3 is 3.04 bits per heavy atom. The summed E-state index contributed by atoms with van der Waals surface area (Å²) in [6, 6.07) is 5.93. The molecule has 0 radical (unpaired) electrons. The minimum absolute atomic E-state index is 0.0250. The smallest absolute Gasteiger partial charge is 0.259 e. The van der Waals surface area contributed by atoms with E-state index < -0.39 is 0 Å². The first-order chi connectivity index (χ1) is 11.8. The molecular formula is C19H21N3OS. The standard InChI is InChI=1S/C19H21N3OS/c23-18(15-5-9-24-11-15)22-13-19(17-16(22)2-1-7-20-17)6-8-21(12-19)10-14-3-4-14/h1-2,5,7,9,11,14H,3-4,6,8,10,12-13H2/t19-/m0/s1. The maximum absolute atomic E-state index is 13.0. The second-order valence-electron chi connectivity index (χ2n) is 7.48. The van der Waals surface area contributed by atoms with Crippen LogP contribution in [-0.2, 0) is 5.41 Å². The number of anilines is 1. The molecule has 0 bridgehead atoms. The molecule has 24 heavy (non-hydrogen) atoms. The summed E-state index contributed by atoms with van der Waals surface area (Å²) in [5, 5.41) is 3.91. The fourth-order valence-electron chi connectivity index (χ4n) is 4.31. The molecule has 1 atom stereocenters. The van der Waals surface area contributed by atoms with Crippen molar-refractivity contribution in [3.63, 3.8) is 0 Å². The van der Waals surface area contributed by atoms with Gasteiger partial charge in [-0.2, -0.15) is 11.3 Å². The van der Waals surface area contributed by atoms with E-state index in [1.807, 2.05) is 34.0 Å². The van der Waals surface area contributed by atoms with Crippen molar-refractivity contribution in [2.24, 2.45) is 5.92 Å². The van der Waals surface area contributed by atoms with E-state index in [-0.39, 0.29) is 11.3 Å². The molecule has 0 N–H and O–H groups in total. The summed E-state index contributed by atoms with van der Waals surface area (Å²) in [5.41, 5.74) is 2.96. The Morgan fingerprint density at radius 2 is 2.25 bits per heavy atom. The van der Waals surface area contributed by atoms with Crippen LogP contribution in [0.1, 0.15) is 35.3 Å². The third-order valence-corrected chi connectivity index (χ3v) is 6.38. The van der Waals surface area contributed by atoms with Gasteiger partial charge in [0.05, 0.1) is 16.9 Å². The molecule has 1 aliphatic carbocycles. The Morgan fingerprint density at radius 1 is 1.33 bits per heavy atom. The maximum Gasteiger partial charge on any atom is 0.259 e. The predicted molar refractivity (Wildman–Crippen MR) is 95.7 cm³/mol. The Kier molecular flexibility index (Phi) is 3.28. The van der Waals surface area contributed by atoms with Crippen LogP contribution in [0, 0.1) is 5.92 Å². The fourth-order valence-corrected chi connectivity index (χ4v) is 4.94. The van der Waals surface area contributed by atoms with Gasteiger partial charge in [-0.25, -0.2) is 0 Å². The SMILES string of the molecule is O=C(c1ccsc1)N1C[C@@]2(CCN(CC3CC3)C2)c2ncccc21. The van der Waals surface area contributed by atoms with Gasteiger partial charge in [-0.05, 0) is 55.3 Å². The van der Waals surface area contributed by atoms with E-state index in [4.69, 9.17) is 4.98 Å². The number of pyridine rings is 1. The molecule has 0 unspecified atom stereocenters. The molecule has 1 amide bonds. The molecule has 5 heteroatoms. The van der Waals surface area contributed by atoms with Crippen LogP contribution in [0.25, 0.3) is 0 Å². The number of carbonyl (C=O) groups is 1. The molecule has 2 aliphatic heterocycles. The van der Waals surface area contributed by atoms with Crippen molar-refractivity contribution in [1.82, 2.24) is 9.88 Å². The van der Waals surface area contributed by atoms with Gasteiger partial charge in [0.15, 0.2) is 0 Å². The van der Waals surface area contributed by atoms with Gasteiger partial charge < -0.3 is 9.80 Å². The van der Waals surface area contributed by atoms with Crippen LogP contribution in [-0.4, -0.2) is 42.0 Å². The van der Waals surface area contributed by atoms with Crippen molar-refractivity contribution in [2.45, 2.75) is 24.7 Å². The number of nitrogens with zero attached hydrogens (tertiary/aromatic N) is 3. The molecule has 1 saturated heterocycles. The van der Waals surface area contributed by atoms with Crippen molar-refractivity contribution in [3.05, 3.63) is 46.4 Å². The van der Waals surface area contributed by atoms with Crippen molar-refractivity contribution < 1.29 is 4.79 Å². The van der Waals surface area contributed by atoms with E-state index in [1.165, 1.54) is 19.4 Å². The number of hydrogen-bond donors (Lipinski definition) is 0. The highest BCUT2D eigenvalue weighted by molar-refractivity contribution is 7.08. The lowest BCUT2D eigenvalue weighted by molar-refractivity contribution is 0.0985. The van der Waals surface area contributed by atoms with Gasteiger partial charge in [0.2, 0.25) is 0 Å². The number of likely N-dealkylation sites (tertiary alicyclic amines) is 1. The van der Waals surface area contributed by atoms with Gasteiger partial charge in [0.25, 0.3) is 5.91 Å². The maximum atomic E-state index is 13.0. The van der Waals surface area contributed by atoms with Crippen molar-refractivity contribution >= 4 is 22.9 Å². The summed E-state index contributed by atoms with van der Waals surface area (Å²) in [7, 11) is 0. The molecule has 0 aromatic carbocycles. The second-order valence-corrected chi connectivity index (χ2v) is 8.26. The lowest BCUT2D eigenvalue weighted by Gasteiger charge is -2.25. The molecule has 1 saturated carbocycles. The van der Waals surface area contributed by atoms with Gasteiger partial charge in [-0.15, -0.1) is 0 Å². The zero-order chi connectivity index (χ0) is 16.1. The van der Waals surface area contributed by atoms with Crippen molar-refractivity contribution in [2.75, 3.05) is 31.1 Å². The average Bonchev–Trinajstić information content (AvgIpc) is 3.04. The van der Waals surface area contributed by atoms with Crippen LogP contribution in [0.2, 0.25) is 0 Å². The molecule has 2 aromatic heterocycles. The quantitative estimate of drug-likeness (QED) is 0.862. The Bertz CT molecular complexity index is 771. The summed E-state index contributed by atoms with van der Waals surface area (Å²) >= 11 is 1.57. The predicted octanol–water partition coefficient (Wildman–Crippen LogP) is 3.16.